The number of oxazole rings is 1. The summed E-state index contributed by atoms with van der Waals surface area (Å²) in [6.45, 7) is 7.06. The van der Waals surface area contributed by atoms with Gasteiger partial charge in [-0.15, -0.1) is 0 Å². The molecule has 2 unspecified atom stereocenters. The summed E-state index contributed by atoms with van der Waals surface area (Å²) in [5, 5.41) is 3.57. The summed E-state index contributed by atoms with van der Waals surface area (Å²) in [6, 6.07) is 0.640. The smallest absolute Gasteiger partial charge is 0.208 e. The molecule has 16 heavy (non-hydrogen) atoms. The number of aryl methyl sites for hydroxylation is 2. The Bertz CT molecular complexity index is 326. The normalized spacial score (nSPS) is 25.9. The predicted molar refractivity (Wildman–Crippen MR) is 64.2 cm³/mol. The lowest BCUT2D eigenvalue weighted by molar-refractivity contribution is 0.270. The summed E-state index contributed by atoms with van der Waals surface area (Å²) in [5.74, 6) is 2.55. The molecule has 1 aromatic rings. The van der Waals surface area contributed by atoms with Gasteiger partial charge in [0, 0.05) is 6.04 Å². The first-order chi connectivity index (χ1) is 7.66. The second-order valence-electron chi connectivity index (χ2n) is 5.00. The predicted octanol–water partition coefficient (Wildman–Crippen LogP) is 2.96. The van der Waals surface area contributed by atoms with Gasteiger partial charge in [-0.1, -0.05) is 19.8 Å². The van der Waals surface area contributed by atoms with Crippen LogP contribution in [0.4, 0.5) is 0 Å². The van der Waals surface area contributed by atoms with E-state index in [4.69, 9.17) is 4.42 Å². The minimum Gasteiger partial charge on any atom is -0.444 e. The van der Waals surface area contributed by atoms with Crippen LogP contribution in [-0.4, -0.2) is 11.0 Å². The molecule has 3 heteroatoms. The van der Waals surface area contributed by atoms with Gasteiger partial charge in [0.2, 0.25) is 5.89 Å². The molecule has 1 N–H and O–H groups in total. The number of hydrogen-bond acceptors (Lipinski definition) is 3. The van der Waals surface area contributed by atoms with Gasteiger partial charge in [-0.2, -0.15) is 0 Å². The van der Waals surface area contributed by atoms with Gasteiger partial charge >= 0.3 is 0 Å². The molecule has 1 heterocycles. The van der Waals surface area contributed by atoms with E-state index in [1.807, 2.05) is 13.8 Å². The highest BCUT2D eigenvalue weighted by Gasteiger charge is 2.21. The van der Waals surface area contributed by atoms with Crippen molar-refractivity contribution < 1.29 is 4.42 Å². The van der Waals surface area contributed by atoms with E-state index in [1.165, 1.54) is 25.7 Å². The fourth-order valence-electron chi connectivity index (χ4n) is 2.45. The number of rotatable bonds is 3. The number of hydrogen-bond donors (Lipinski definition) is 1. The van der Waals surface area contributed by atoms with Gasteiger partial charge in [0.15, 0.2) is 0 Å². The van der Waals surface area contributed by atoms with Crippen LogP contribution in [0.1, 0.15) is 50.0 Å². The van der Waals surface area contributed by atoms with Gasteiger partial charge in [-0.05, 0) is 32.6 Å². The maximum absolute atomic E-state index is 5.57. The van der Waals surface area contributed by atoms with Crippen molar-refractivity contribution in [3.05, 3.63) is 17.3 Å². The molecule has 0 radical (unpaired) electrons. The van der Waals surface area contributed by atoms with E-state index >= 15 is 0 Å². The Morgan fingerprint density at radius 1 is 1.31 bits per heavy atom. The molecule has 0 amide bonds. The van der Waals surface area contributed by atoms with Gasteiger partial charge in [0.1, 0.15) is 5.76 Å². The van der Waals surface area contributed by atoms with E-state index in [9.17, 15) is 0 Å². The molecule has 1 aliphatic carbocycles. The highest BCUT2D eigenvalue weighted by Crippen LogP contribution is 2.24. The molecule has 90 valence electrons. The van der Waals surface area contributed by atoms with Crippen LogP contribution in [0.15, 0.2) is 4.42 Å². The highest BCUT2D eigenvalue weighted by atomic mass is 16.4. The Balaban J connectivity index is 1.86. The average molecular weight is 222 g/mol. The fourth-order valence-corrected chi connectivity index (χ4v) is 2.45. The molecule has 0 aliphatic heterocycles. The van der Waals surface area contributed by atoms with E-state index < -0.39 is 0 Å². The Morgan fingerprint density at radius 3 is 2.69 bits per heavy atom. The Labute approximate surface area is 97.6 Å². The first-order valence-corrected chi connectivity index (χ1v) is 6.33. The van der Waals surface area contributed by atoms with Gasteiger partial charge < -0.3 is 9.73 Å². The molecule has 1 fully saturated rings. The lowest BCUT2D eigenvalue weighted by atomic mass is 9.86. The van der Waals surface area contributed by atoms with E-state index in [-0.39, 0.29) is 0 Å². The molecular formula is C13H22N2O. The monoisotopic (exact) mass is 222 g/mol. The van der Waals surface area contributed by atoms with Gasteiger partial charge in [-0.25, -0.2) is 4.98 Å². The number of aromatic nitrogens is 1. The van der Waals surface area contributed by atoms with Crippen molar-refractivity contribution in [1.29, 1.82) is 0 Å². The summed E-state index contributed by atoms with van der Waals surface area (Å²) in [7, 11) is 0. The van der Waals surface area contributed by atoms with E-state index in [0.717, 1.165) is 29.8 Å². The third kappa shape index (κ3) is 2.64. The van der Waals surface area contributed by atoms with Crippen molar-refractivity contribution in [2.24, 2.45) is 5.92 Å². The van der Waals surface area contributed by atoms with Crippen molar-refractivity contribution in [2.45, 2.75) is 59.0 Å². The summed E-state index contributed by atoms with van der Waals surface area (Å²) < 4.78 is 5.57. The summed E-state index contributed by atoms with van der Waals surface area (Å²) in [6.07, 6.45) is 5.38. The molecule has 0 saturated heterocycles. The molecule has 3 nitrogen and oxygen atoms in total. The van der Waals surface area contributed by atoms with Crippen molar-refractivity contribution >= 4 is 0 Å². The SMILES string of the molecule is Cc1nc(CNC2CCCCC2C)oc1C. The second kappa shape index (κ2) is 5.00. The van der Waals surface area contributed by atoms with Gasteiger partial charge in [0.05, 0.1) is 12.2 Å². The number of nitrogens with zero attached hydrogens (tertiary/aromatic N) is 1. The van der Waals surface area contributed by atoms with Gasteiger partial charge in [-0.3, -0.25) is 0 Å². The Kier molecular flexibility index (Phi) is 3.64. The van der Waals surface area contributed by atoms with Crippen LogP contribution in [0.25, 0.3) is 0 Å². The summed E-state index contributed by atoms with van der Waals surface area (Å²) in [5.41, 5.74) is 1.01. The third-order valence-corrected chi connectivity index (χ3v) is 3.70. The average Bonchev–Trinajstić information content (AvgIpc) is 2.57. The summed E-state index contributed by atoms with van der Waals surface area (Å²) in [4.78, 5) is 4.39. The van der Waals surface area contributed by atoms with E-state index in [2.05, 4.69) is 17.2 Å². The number of nitrogens with one attached hydrogen (secondary N) is 1. The molecule has 1 aromatic heterocycles. The maximum Gasteiger partial charge on any atom is 0.208 e. The van der Waals surface area contributed by atoms with Gasteiger partial charge in [0.25, 0.3) is 0 Å². The lowest BCUT2D eigenvalue weighted by Crippen LogP contribution is -2.36. The van der Waals surface area contributed by atoms with E-state index in [0.29, 0.717) is 6.04 Å². The van der Waals surface area contributed by atoms with Crippen LogP contribution in [0.2, 0.25) is 0 Å². The summed E-state index contributed by atoms with van der Waals surface area (Å²) >= 11 is 0. The van der Waals surface area contributed by atoms with Crippen LogP contribution < -0.4 is 5.32 Å². The Morgan fingerprint density at radius 2 is 2.06 bits per heavy atom. The van der Waals surface area contributed by atoms with E-state index in [1.54, 1.807) is 0 Å². The molecule has 0 bridgehead atoms. The van der Waals surface area contributed by atoms with Crippen LogP contribution in [0, 0.1) is 19.8 Å². The minimum atomic E-state index is 0.640. The van der Waals surface area contributed by atoms with Crippen molar-refractivity contribution in [3.8, 4) is 0 Å². The van der Waals surface area contributed by atoms with Crippen LogP contribution in [-0.2, 0) is 6.54 Å². The molecule has 0 aromatic carbocycles. The van der Waals surface area contributed by atoms with Crippen molar-refractivity contribution in [2.75, 3.05) is 0 Å². The quantitative estimate of drug-likeness (QED) is 0.854. The topological polar surface area (TPSA) is 38.1 Å². The standard InChI is InChI=1S/C13H22N2O/c1-9-6-4-5-7-12(9)14-8-13-15-10(2)11(3)16-13/h9,12,14H,4-8H2,1-3H3. The lowest BCUT2D eigenvalue weighted by Gasteiger charge is -2.29. The van der Waals surface area contributed by atoms with Crippen LogP contribution in [0.5, 0.6) is 0 Å². The third-order valence-electron chi connectivity index (χ3n) is 3.70. The highest BCUT2D eigenvalue weighted by molar-refractivity contribution is 5.05. The van der Waals surface area contributed by atoms with Crippen LogP contribution >= 0.6 is 0 Å². The molecule has 2 rings (SSSR count). The largest absolute Gasteiger partial charge is 0.444 e. The zero-order valence-electron chi connectivity index (χ0n) is 10.5. The Hall–Kier alpha value is -0.830. The zero-order chi connectivity index (χ0) is 11.5. The van der Waals surface area contributed by atoms with Crippen molar-refractivity contribution in [1.82, 2.24) is 10.3 Å². The second-order valence-corrected chi connectivity index (χ2v) is 5.00. The first kappa shape index (κ1) is 11.6. The minimum absolute atomic E-state index is 0.640. The fraction of sp³-hybridized carbons (Fsp3) is 0.769. The molecule has 2 atom stereocenters. The van der Waals surface area contributed by atoms with Crippen LogP contribution in [0.3, 0.4) is 0 Å². The molecular weight excluding hydrogens is 200 g/mol. The molecule has 1 aliphatic rings. The zero-order valence-corrected chi connectivity index (χ0v) is 10.5. The first-order valence-electron chi connectivity index (χ1n) is 6.33. The molecule has 0 spiro atoms. The van der Waals surface area contributed by atoms with Crippen molar-refractivity contribution in [3.63, 3.8) is 0 Å². The molecule has 1 saturated carbocycles. The maximum atomic E-state index is 5.57.